The van der Waals surface area contributed by atoms with E-state index in [0.717, 1.165) is 52.5 Å². The van der Waals surface area contributed by atoms with E-state index in [4.69, 9.17) is 5.10 Å². The third-order valence-electron chi connectivity index (χ3n) is 7.66. The number of benzene rings is 3. The smallest absolute Gasteiger partial charge is 0.308 e. The molecule has 2 aromatic heterocycles. The Balaban J connectivity index is 1.50. The molecule has 0 saturated carbocycles. The summed E-state index contributed by atoms with van der Waals surface area (Å²) >= 11 is 0. The van der Waals surface area contributed by atoms with Crippen LogP contribution < -0.4 is 5.32 Å². The molecule has 6 nitrogen and oxygen atoms in total. The van der Waals surface area contributed by atoms with Crippen LogP contribution in [-0.4, -0.2) is 25.3 Å². The number of urea groups is 1. The van der Waals surface area contributed by atoms with Crippen molar-refractivity contribution in [3.63, 3.8) is 0 Å². The molecule has 1 N–H and O–H groups in total. The first-order valence-electron chi connectivity index (χ1n) is 13.6. The zero-order valence-corrected chi connectivity index (χ0v) is 22.6. The fraction of sp³-hybridized carbons (Fsp3) is 0.212. The van der Waals surface area contributed by atoms with Crippen molar-refractivity contribution in [2.45, 2.75) is 46.2 Å². The van der Waals surface area contributed by atoms with Gasteiger partial charge in [-0.15, -0.1) is 0 Å². The number of carbonyl (C=O) groups is 1. The Labute approximate surface area is 229 Å². The Bertz CT molecular complexity index is 1600. The molecule has 0 aliphatic carbocycles. The average molecular weight is 516 g/mol. The fourth-order valence-corrected chi connectivity index (χ4v) is 5.45. The number of para-hydroxylation sites is 1. The van der Waals surface area contributed by atoms with Crippen molar-refractivity contribution in [1.29, 1.82) is 0 Å². The van der Waals surface area contributed by atoms with Crippen LogP contribution in [0.5, 0.6) is 0 Å². The molecule has 3 aromatic carbocycles. The van der Waals surface area contributed by atoms with Crippen molar-refractivity contribution in [3.8, 4) is 11.5 Å². The van der Waals surface area contributed by atoms with Gasteiger partial charge in [-0.3, -0.25) is 0 Å². The standard InChI is InChI=1S/C33H33N5O/c1-4-24-13-17-26(18-14-24)31-30-12-9-21-36(30)32-29(23(3)35-38(32)28-10-7-6-8-11-28)22-37(31)33(39)34-27-19-15-25(5-2)16-20-27/h6-21,31H,4-5,22H2,1-3H3,(H,34,39). The second kappa shape index (κ2) is 10.3. The average Bonchev–Trinajstić information content (AvgIpc) is 3.54. The van der Waals surface area contributed by atoms with Crippen molar-refractivity contribution in [2.24, 2.45) is 0 Å². The van der Waals surface area contributed by atoms with E-state index >= 15 is 0 Å². The number of fused-ring (bicyclic) bond motifs is 3. The third kappa shape index (κ3) is 4.52. The lowest BCUT2D eigenvalue weighted by atomic mass is 9.99. The van der Waals surface area contributed by atoms with Crippen molar-refractivity contribution in [3.05, 3.63) is 131 Å². The SMILES string of the molecule is CCc1ccc(NC(=O)N2Cc3c(C)nn(-c4ccccc4)c3-n3cccc3C2c2ccc(CC)cc2)cc1. The van der Waals surface area contributed by atoms with Crippen LogP contribution in [0.4, 0.5) is 10.5 Å². The number of hydrogen-bond acceptors (Lipinski definition) is 2. The van der Waals surface area contributed by atoms with Gasteiger partial charge in [-0.2, -0.15) is 5.10 Å². The monoisotopic (exact) mass is 515 g/mol. The van der Waals surface area contributed by atoms with E-state index < -0.39 is 0 Å². The molecule has 5 aromatic rings. The number of carbonyl (C=O) groups excluding carboxylic acids is 1. The molecule has 0 radical (unpaired) electrons. The molecule has 3 heterocycles. The van der Waals surface area contributed by atoms with Crippen LogP contribution in [0.25, 0.3) is 11.5 Å². The lowest BCUT2D eigenvalue weighted by Crippen LogP contribution is -2.38. The molecule has 1 unspecified atom stereocenters. The van der Waals surface area contributed by atoms with Gasteiger partial charge >= 0.3 is 6.03 Å². The topological polar surface area (TPSA) is 55.1 Å². The molecule has 1 aliphatic rings. The van der Waals surface area contributed by atoms with Gasteiger partial charge in [0.1, 0.15) is 5.82 Å². The van der Waals surface area contributed by atoms with Crippen molar-refractivity contribution in [1.82, 2.24) is 19.2 Å². The summed E-state index contributed by atoms with van der Waals surface area (Å²) in [7, 11) is 0. The number of nitrogens with one attached hydrogen (secondary N) is 1. The number of amides is 2. The van der Waals surface area contributed by atoms with E-state index in [1.54, 1.807) is 0 Å². The van der Waals surface area contributed by atoms with Gasteiger partial charge in [0.25, 0.3) is 0 Å². The van der Waals surface area contributed by atoms with Gasteiger partial charge in [-0.1, -0.05) is 68.4 Å². The highest BCUT2D eigenvalue weighted by atomic mass is 16.2. The van der Waals surface area contributed by atoms with Crippen LogP contribution in [0.3, 0.4) is 0 Å². The summed E-state index contributed by atoms with van der Waals surface area (Å²) in [5.41, 5.74) is 8.31. The number of nitrogens with zero attached hydrogens (tertiary/aromatic N) is 4. The van der Waals surface area contributed by atoms with Crippen molar-refractivity contribution in [2.75, 3.05) is 5.32 Å². The summed E-state index contributed by atoms with van der Waals surface area (Å²) in [5, 5.41) is 8.11. The molecule has 1 aliphatic heterocycles. The minimum absolute atomic E-state index is 0.142. The van der Waals surface area contributed by atoms with Gasteiger partial charge in [0.2, 0.25) is 0 Å². The highest BCUT2D eigenvalue weighted by molar-refractivity contribution is 5.90. The van der Waals surface area contributed by atoms with Crippen molar-refractivity contribution < 1.29 is 4.79 Å². The van der Waals surface area contributed by atoms with Crippen LogP contribution in [0, 0.1) is 6.92 Å². The summed E-state index contributed by atoms with van der Waals surface area (Å²) < 4.78 is 4.19. The Morgan fingerprint density at radius 1 is 0.872 bits per heavy atom. The van der Waals surface area contributed by atoms with Gasteiger partial charge < -0.3 is 14.8 Å². The van der Waals surface area contributed by atoms with E-state index in [9.17, 15) is 4.79 Å². The summed E-state index contributed by atoms with van der Waals surface area (Å²) in [6, 6.07) is 30.6. The largest absolute Gasteiger partial charge is 0.322 e. The highest BCUT2D eigenvalue weighted by Crippen LogP contribution is 2.38. The summed E-state index contributed by atoms with van der Waals surface area (Å²) in [6.45, 7) is 6.74. The maximum absolute atomic E-state index is 14.1. The second-order valence-electron chi connectivity index (χ2n) is 10.0. The van der Waals surface area contributed by atoms with Gasteiger partial charge in [0.05, 0.1) is 29.7 Å². The molecular formula is C33H33N5O. The molecule has 6 rings (SSSR count). The first-order chi connectivity index (χ1) is 19.1. The van der Waals surface area contributed by atoms with Gasteiger partial charge in [-0.05, 0) is 72.9 Å². The highest BCUT2D eigenvalue weighted by Gasteiger charge is 2.36. The van der Waals surface area contributed by atoms with Crippen LogP contribution in [-0.2, 0) is 19.4 Å². The third-order valence-corrected chi connectivity index (χ3v) is 7.66. The fourth-order valence-electron chi connectivity index (χ4n) is 5.45. The molecule has 0 spiro atoms. The van der Waals surface area contributed by atoms with Gasteiger partial charge in [0, 0.05) is 17.4 Å². The molecule has 0 saturated heterocycles. The predicted molar refractivity (Wildman–Crippen MR) is 156 cm³/mol. The first-order valence-corrected chi connectivity index (χ1v) is 13.6. The van der Waals surface area contributed by atoms with E-state index in [-0.39, 0.29) is 12.1 Å². The van der Waals surface area contributed by atoms with Crippen LogP contribution in [0.15, 0.2) is 97.2 Å². The zero-order valence-electron chi connectivity index (χ0n) is 22.6. The maximum Gasteiger partial charge on any atom is 0.322 e. The quantitative estimate of drug-likeness (QED) is 0.268. The Hall–Kier alpha value is -4.58. The Kier molecular flexibility index (Phi) is 6.53. The summed E-state index contributed by atoms with van der Waals surface area (Å²) in [6.07, 6.45) is 4.00. The first kappa shape index (κ1) is 24.7. The molecule has 2 amide bonds. The van der Waals surface area contributed by atoms with Crippen LogP contribution in [0.2, 0.25) is 0 Å². The Morgan fingerprint density at radius 2 is 1.54 bits per heavy atom. The van der Waals surface area contributed by atoms with E-state index in [0.29, 0.717) is 6.54 Å². The number of anilines is 1. The van der Waals surface area contributed by atoms with Gasteiger partial charge in [-0.25, -0.2) is 9.48 Å². The normalized spacial score (nSPS) is 14.4. The second-order valence-corrected chi connectivity index (χ2v) is 10.0. The molecule has 39 heavy (non-hydrogen) atoms. The van der Waals surface area contributed by atoms with E-state index in [1.807, 2.05) is 46.8 Å². The van der Waals surface area contributed by atoms with E-state index in [1.165, 1.54) is 11.1 Å². The molecule has 0 fully saturated rings. The number of aryl methyl sites for hydroxylation is 3. The molecule has 1 atom stereocenters. The predicted octanol–water partition coefficient (Wildman–Crippen LogP) is 7.23. The van der Waals surface area contributed by atoms with Crippen molar-refractivity contribution >= 4 is 11.7 Å². The lowest BCUT2D eigenvalue weighted by molar-refractivity contribution is 0.194. The minimum atomic E-state index is -0.281. The summed E-state index contributed by atoms with van der Waals surface area (Å²) in [4.78, 5) is 16.0. The number of aromatic nitrogens is 3. The minimum Gasteiger partial charge on any atom is -0.308 e. The van der Waals surface area contributed by atoms with Crippen LogP contribution in [0.1, 0.15) is 53.5 Å². The maximum atomic E-state index is 14.1. The molecule has 6 heteroatoms. The summed E-state index contributed by atoms with van der Waals surface area (Å²) in [5.74, 6) is 0.969. The number of hydrogen-bond donors (Lipinski definition) is 1. The molecular weight excluding hydrogens is 482 g/mol. The van der Waals surface area contributed by atoms with Crippen LogP contribution >= 0.6 is 0 Å². The van der Waals surface area contributed by atoms with E-state index in [2.05, 4.69) is 90.6 Å². The number of rotatable bonds is 5. The lowest BCUT2D eigenvalue weighted by Gasteiger charge is -2.31. The molecule has 0 bridgehead atoms. The molecule has 196 valence electrons. The zero-order chi connectivity index (χ0) is 26.9. The van der Waals surface area contributed by atoms with Gasteiger partial charge in [0.15, 0.2) is 0 Å². The Morgan fingerprint density at radius 3 is 2.21 bits per heavy atom.